The van der Waals surface area contributed by atoms with E-state index in [0.29, 0.717) is 5.92 Å². The van der Waals surface area contributed by atoms with E-state index in [2.05, 4.69) is 21.8 Å². The first-order chi connectivity index (χ1) is 10.2. The van der Waals surface area contributed by atoms with Crippen LogP contribution in [0.2, 0.25) is 0 Å². The molecule has 4 nitrogen and oxygen atoms in total. The molecule has 0 aliphatic carbocycles. The Hall–Kier alpha value is -1.46. The number of rotatable bonds is 6. The van der Waals surface area contributed by atoms with E-state index < -0.39 is 0 Å². The molecule has 1 aliphatic rings. The third-order valence-electron chi connectivity index (χ3n) is 4.15. The van der Waals surface area contributed by atoms with Crippen LogP contribution in [-0.4, -0.2) is 47.7 Å². The molecule has 1 saturated heterocycles. The van der Waals surface area contributed by atoms with Crippen LogP contribution in [0.5, 0.6) is 0 Å². The molecule has 1 aliphatic heterocycles. The highest BCUT2D eigenvalue weighted by Crippen LogP contribution is 2.15. The first kappa shape index (κ1) is 14.5. The number of aromatic amines is 1. The number of imidazole rings is 1. The number of aromatic nitrogens is 2. The number of benzene rings is 1. The van der Waals surface area contributed by atoms with Crippen molar-refractivity contribution in [1.82, 2.24) is 14.9 Å². The topological polar surface area (TPSA) is 41.2 Å². The fourth-order valence-corrected chi connectivity index (χ4v) is 2.89. The van der Waals surface area contributed by atoms with Gasteiger partial charge in [-0.15, -0.1) is 0 Å². The van der Waals surface area contributed by atoms with Gasteiger partial charge in [0.05, 0.1) is 17.6 Å². The van der Waals surface area contributed by atoms with Crippen LogP contribution in [0.3, 0.4) is 0 Å². The third kappa shape index (κ3) is 3.60. The fraction of sp³-hybridized carbons (Fsp3) is 0.562. The lowest BCUT2D eigenvalue weighted by molar-refractivity contribution is 0.169. The normalized spacial score (nSPS) is 18.9. The van der Waals surface area contributed by atoms with Crippen LogP contribution in [0, 0.1) is 11.7 Å². The number of H-pyrrole nitrogens is 1. The summed E-state index contributed by atoms with van der Waals surface area (Å²) in [6.07, 6.45) is 2.03. The van der Waals surface area contributed by atoms with Crippen molar-refractivity contribution in [1.29, 1.82) is 0 Å². The van der Waals surface area contributed by atoms with Crippen molar-refractivity contribution in [3.05, 3.63) is 29.8 Å². The monoisotopic (exact) mass is 291 g/mol. The zero-order valence-electron chi connectivity index (χ0n) is 12.4. The summed E-state index contributed by atoms with van der Waals surface area (Å²) in [6, 6.07) is 4.67. The molecule has 1 atom stereocenters. The van der Waals surface area contributed by atoms with Gasteiger partial charge in [-0.05, 0) is 37.1 Å². The molecule has 1 fully saturated rings. The Morgan fingerprint density at radius 1 is 1.48 bits per heavy atom. The highest BCUT2D eigenvalue weighted by molar-refractivity contribution is 5.74. The van der Waals surface area contributed by atoms with E-state index in [1.807, 2.05) is 0 Å². The summed E-state index contributed by atoms with van der Waals surface area (Å²) in [6.45, 7) is 7.06. The molecule has 5 heteroatoms. The highest BCUT2D eigenvalue weighted by atomic mass is 19.1. The summed E-state index contributed by atoms with van der Waals surface area (Å²) < 4.78 is 18.6. The van der Waals surface area contributed by atoms with Crippen LogP contribution < -0.4 is 0 Å². The molecule has 0 amide bonds. The molecular weight excluding hydrogens is 269 g/mol. The Morgan fingerprint density at radius 2 is 2.38 bits per heavy atom. The van der Waals surface area contributed by atoms with Gasteiger partial charge < -0.3 is 14.6 Å². The van der Waals surface area contributed by atoms with Gasteiger partial charge in [-0.25, -0.2) is 9.37 Å². The minimum Gasteiger partial charge on any atom is -0.381 e. The Kier molecular flexibility index (Phi) is 4.51. The zero-order valence-corrected chi connectivity index (χ0v) is 12.4. The standard InChI is InChI=1S/C16H22FN3O/c1-2-20(10-12-6-8-21-11-12)7-5-16-18-14-4-3-13(17)9-15(14)19-16/h3-4,9,12H,2,5-8,10-11H2,1H3,(H,18,19)/t12-/m0/s1. The molecule has 114 valence electrons. The van der Waals surface area contributed by atoms with Crippen LogP contribution in [0.25, 0.3) is 11.0 Å². The quantitative estimate of drug-likeness (QED) is 0.889. The van der Waals surface area contributed by atoms with E-state index in [-0.39, 0.29) is 5.82 Å². The van der Waals surface area contributed by atoms with Crippen molar-refractivity contribution in [2.45, 2.75) is 19.8 Å². The average molecular weight is 291 g/mol. The number of halogens is 1. The summed E-state index contributed by atoms with van der Waals surface area (Å²) in [5, 5.41) is 0. The second-order valence-corrected chi connectivity index (χ2v) is 5.72. The van der Waals surface area contributed by atoms with Crippen LogP contribution in [0.4, 0.5) is 4.39 Å². The summed E-state index contributed by atoms with van der Waals surface area (Å²) in [5.41, 5.74) is 1.61. The zero-order chi connectivity index (χ0) is 14.7. The van der Waals surface area contributed by atoms with Gasteiger partial charge in [-0.1, -0.05) is 6.92 Å². The first-order valence-corrected chi connectivity index (χ1v) is 7.69. The summed E-state index contributed by atoms with van der Waals surface area (Å²) >= 11 is 0. The molecule has 2 heterocycles. The van der Waals surface area contributed by atoms with Crippen molar-refractivity contribution in [2.75, 3.05) is 32.8 Å². The Labute approximate surface area is 124 Å². The lowest BCUT2D eigenvalue weighted by Gasteiger charge is -2.22. The van der Waals surface area contributed by atoms with Crippen LogP contribution >= 0.6 is 0 Å². The molecule has 0 radical (unpaired) electrons. The van der Waals surface area contributed by atoms with Crippen molar-refractivity contribution in [2.24, 2.45) is 5.92 Å². The minimum absolute atomic E-state index is 0.228. The van der Waals surface area contributed by atoms with Crippen LogP contribution in [0.15, 0.2) is 18.2 Å². The number of nitrogens with zero attached hydrogens (tertiary/aromatic N) is 2. The van der Waals surface area contributed by atoms with E-state index in [1.54, 1.807) is 6.07 Å². The van der Waals surface area contributed by atoms with Gasteiger partial charge >= 0.3 is 0 Å². The molecule has 3 rings (SSSR count). The maximum absolute atomic E-state index is 13.2. The molecular formula is C16H22FN3O. The Bertz CT molecular complexity index is 592. The first-order valence-electron chi connectivity index (χ1n) is 7.69. The third-order valence-corrected chi connectivity index (χ3v) is 4.15. The average Bonchev–Trinajstić information content (AvgIpc) is 3.11. The van der Waals surface area contributed by atoms with Gasteiger partial charge in [0.15, 0.2) is 0 Å². The van der Waals surface area contributed by atoms with Crippen LogP contribution in [0.1, 0.15) is 19.2 Å². The molecule has 0 saturated carbocycles. The number of nitrogens with one attached hydrogen (secondary N) is 1. The van der Waals surface area contributed by atoms with Crippen molar-refractivity contribution >= 4 is 11.0 Å². The SMILES string of the molecule is CCN(CCc1nc2ccc(F)cc2[nH]1)C[C@@H]1CCOC1. The van der Waals surface area contributed by atoms with E-state index in [9.17, 15) is 4.39 Å². The molecule has 0 unspecified atom stereocenters. The predicted molar refractivity (Wildman–Crippen MR) is 80.8 cm³/mol. The lowest BCUT2D eigenvalue weighted by Crippen LogP contribution is -2.31. The van der Waals surface area contributed by atoms with E-state index in [1.165, 1.54) is 18.6 Å². The number of likely N-dealkylation sites (N-methyl/N-ethyl adjacent to an activating group) is 1. The Morgan fingerprint density at radius 3 is 3.14 bits per heavy atom. The number of hydrogen-bond donors (Lipinski definition) is 1. The van der Waals surface area contributed by atoms with Gasteiger partial charge in [0.1, 0.15) is 11.6 Å². The smallest absolute Gasteiger partial charge is 0.125 e. The molecule has 1 aromatic carbocycles. The molecule has 1 N–H and O–H groups in total. The molecule has 2 aromatic rings. The van der Waals surface area contributed by atoms with Gasteiger partial charge in [0.2, 0.25) is 0 Å². The maximum Gasteiger partial charge on any atom is 0.125 e. The number of fused-ring (bicyclic) bond motifs is 1. The fourth-order valence-electron chi connectivity index (χ4n) is 2.89. The van der Waals surface area contributed by atoms with Crippen molar-refractivity contribution in [3.8, 4) is 0 Å². The van der Waals surface area contributed by atoms with Gasteiger partial charge in [-0.3, -0.25) is 0 Å². The largest absolute Gasteiger partial charge is 0.381 e. The minimum atomic E-state index is -0.228. The maximum atomic E-state index is 13.2. The van der Waals surface area contributed by atoms with Gasteiger partial charge in [0.25, 0.3) is 0 Å². The van der Waals surface area contributed by atoms with Crippen molar-refractivity contribution < 1.29 is 9.13 Å². The predicted octanol–water partition coefficient (Wildman–Crippen LogP) is 2.60. The molecule has 0 bridgehead atoms. The second kappa shape index (κ2) is 6.54. The lowest BCUT2D eigenvalue weighted by atomic mass is 10.1. The highest BCUT2D eigenvalue weighted by Gasteiger charge is 2.18. The van der Waals surface area contributed by atoms with Gasteiger partial charge in [-0.2, -0.15) is 0 Å². The second-order valence-electron chi connectivity index (χ2n) is 5.72. The number of hydrogen-bond acceptors (Lipinski definition) is 3. The van der Waals surface area contributed by atoms with E-state index >= 15 is 0 Å². The summed E-state index contributed by atoms with van der Waals surface area (Å²) in [5.74, 6) is 1.36. The van der Waals surface area contributed by atoms with Crippen molar-refractivity contribution in [3.63, 3.8) is 0 Å². The van der Waals surface area contributed by atoms with E-state index in [4.69, 9.17) is 4.74 Å². The van der Waals surface area contributed by atoms with E-state index in [0.717, 1.165) is 56.1 Å². The van der Waals surface area contributed by atoms with Crippen LogP contribution in [-0.2, 0) is 11.2 Å². The molecule has 1 aromatic heterocycles. The molecule has 0 spiro atoms. The summed E-state index contributed by atoms with van der Waals surface area (Å²) in [4.78, 5) is 10.2. The summed E-state index contributed by atoms with van der Waals surface area (Å²) in [7, 11) is 0. The molecule has 21 heavy (non-hydrogen) atoms. The number of ether oxygens (including phenoxy) is 1. The Balaban J connectivity index is 1.58. The van der Waals surface area contributed by atoms with Gasteiger partial charge in [0, 0.05) is 26.1 Å².